The number of carbonyl (C=O) groups excluding carboxylic acids is 1. The van der Waals surface area contributed by atoms with Crippen LogP contribution < -0.4 is 5.32 Å². The summed E-state index contributed by atoms with van der Waals surface area (Å²) in [6.07, 6.45) is 6.73. The maximum absolute atomic E-state index is 11.7. The summed E-state index contributed by atoms with van der Waals surface area (Å²) in [7, 11) is 0. The molecule has 1 saturated carbocycles. The minimum absolute atomic E-state index is 0.0772. The average Bonchev–Trinajstić information content (AvgIpc) is 2.46. The summed E-state index contributed by atoms with van der Waals surface area (Å²) in [5.74, 6) is 0.549. The van der Waals surface area contributed by atoms with Crippen LogP contribution >= 0.6 is 0 Å². The molecule has 1 aliphatic carbocycles. The van der Waals surface area contributed by atoms with E-state index in [1.165, 1.54) is 32.1 Å². The van der Waals surface area contributed by atoms with Crippen molar-refractivity contribution in [1.82, 2.24) is 0 Å². The van der Waals surface area contributed by atoms with E-state index in [4.69, 9.17) is 4.74 Å². The van der Waals surface area contributed by atoms with Crippen LogP contribution in [0.4, 0.5) is 5.69 Å². The Morgan fingerprint density at radius 2 is 1.85 bits per heavy atom. The number of hydrogen-bond acceptors (Lipinski definition) is 3. The van der Waals surface area contributed by atoms with Crippen LogP contribution in [-0.2, 0) is 4.74 Å². The minimum Gasteiger partial charge on any atom is -0.459 e. The summed E-state index contributed by atoms with van der Waals surface area (Å²) in [5, 5.41) is 3.47. The molecule has 0 aromatic heterocycles. The largest absolute Gasteiger partial charge is 0.459 e. The molecule has 0 unspecified atom stereocenters. The summed E-state index contributed by atoms with van der Waals surface area (Å²) in [6, 6.07) is 7.57. The molecule has 1 aliphatic rings. The zero-order valence-electron chi connectivity index (χ0n) is 12.5. The van der Waals surface area contributed by atoms with Crippen LogP contribution in [0.15, 0.2) is 24.3 Å². The molecule has 20 heavy (non-hydrogen) atoms. The lowest BCUT2D eigenvalue weighted by molar-refractivity contribution is 0.0378. The monoisotopic (exact) mass is 275 g/mol. The first-order chi connectivity index (χ1) is 9.65. The molecule has 0 atom stereocenters. The second-order valence-corrected chi connectivity index (χ2v) is 5.92. The highest BCUT2D eigenvalue weighted by Gasteiger charge is 2.13. The first kappa shape index (κ1) is 14.9. The van der Waals surface area contributed by atoms with E-state index in [-0.39, 0.29) is 12.1 Å². The van der Waals surface area contributed by atoms with Gasteiger partial charge in [0, 0.05) is 12.2 Å². The van der Waals surface area contributed by atoms with Crippen molar-refractivity contribution >= 4 is 11.7 Å². The molecule has 1 aromatic rings. The lowest BCUT2D eigenvalue weighted by atomic mass is 9.89. The van der Waals surface area contributed by atoms with Crippen molar-refractivity contribution in [2.45, 2.75) is 52.1 Å². The van der Waals surface area contributed by atoms with E-state index >= 15 is 0 Å². The highest BCUT2D eigenvalue weighted by atomic mass is 16.5. The van der Waals surface area contributed by atoms with Crippen molar-refractivity contribution in [3.8, 4) is 0 Å². The quantitative estimate of drug-likeness (QED) is 0.817. The Morgan fingerprint density at radius 1 is 1.20 bits per heavy atom. The van der Waals surface area contributed by atoms with Gasteiger partial charge in [-0.1, -0.05) is 19.3 Å². The third-order valence-corrected chi connectivity index (χ3v) is 3.78. The van der Waals surface area contributed by atoms with Gasteiger partial charge < -0.3 is 10.1 Å². The molecule has 0 aliphatic heterocycles. The van der Waals surface area contributed by atoms with Crippen LogP contribution in [0.5, 0.6) is 0 Å². The fourth-order valence-corrected chi connectivity index (χ4v) is 2.66. The van der Waals surface area contributed by atoms with E-state index in [1.54, 1.807) is 0 Å². The Balaban J connectivity index is 1.83. The summed E-state index contributed by atoms with van der Waals surface area (Å²) < 4.78 is 5.17. The van der Waals surface area contributed by atoms with Gasteiger partial charge in [-0.05, 0) is 56.9 Å². The van der Waals surface area contributed by atoms with Gasteiger partial charge in [0.25, 0.3) is 0 Å². The average molecular weight is 275 g/mol. The Hall–Kier alpha value is -1.51. The lowest BCUT2D eigenvalue weighted by Gasteiger charge is -2.22. The molecule has 3 nitrogen and oxygen atoms in total. The van der Waals surface area contributed by atoms with Crippen molar-refractivity contribution in [2.75, 3.05) is 11.9 Å². The SMILES string of the molecule is CC(C)OC(=O)c1ccc(NCC2CCCCC2)cc1. The van der Waals surface area contributed by atoms with E-state index in [0.717, 1.165) is 18.2 Å². The van der Waals surface area contributed by atoms with E-state index in [0.29, 0.717) is 5.56 Å². The molecule has 0 spiro atoms. The van der Waals surface area contributed by atoms with Gasteiger partial charge in [0.2, 0.25) is 0 Å². The van der Waals surface area contributed by atoms with Crippen molar-refractivity contribution in [3.63, 3.8) is 0 Å². The standard InChI is InChI=1S/C17H25NO2/c1-13(2)20-17(19)15-8-10-16(11-9-15)18-12-14-6-4-3-5-7-14/h8-11,13-14,18H,3-7,12H2,1-2H3. The first-order valence-electron chi connectivity index (χ1n) is 7.70. The molecule has 110 valence electrons. The topological polar surface area (TPSA) is 38.3 Å². The number of ether oxygens (including phenoxy) is 1. The molecular formula is C17H25NO2. The number of nitrogens with one attached hydrogen (secondary N) is 1. The summed E-state index contributed by atoms with van der Waals surface area (Å²) in [4.78, 5) is 11.7. The van der Waals surface area contributed by atoms with Crippen molar-refractivity contribution < 1.29 is 9.53 Å². The second kappa shape index (κ2) is 7.32. The van der Waals surface area contributed by atoms with E-state index in [1.807, 2.05) is 38.1 Å². The number of esters is 1. The Morgan fingerprint density at radius 3 is 2.45 bits per heavy atom. The van der Waals surface area contributed by atoms with Gasteiger partial charge in [0.05, 0.1) is 11.7 Å². The molecule has 0 bridgehead atoms. The molecule has 0 radical (unpaired) electrons. The normalized spacial score (nSPS) is 16.1. The number of rotatable bonds is 5. The fourth-order valence-electron chi connectivity index (χ4n) is 2.66. The van der Waals surface area contributed by atoms with E-state index in [9.17, 15) is 4.79 Å². The van der Waals surface area contributed by atoms with Crippen LogP contribution in [-0.4, -0.2) is 18.6 Å². The number of benzene rings is 1. The number of anilines is 1. The molecule has 1 aromatic carbocycles. The molecule has 0 amide bonds. The molecule has 0 heterocycles. The van der Waals surface area contributed by atoms with Gasteiger partial charge in [0.1, 0.15) is 0 Å². The molecule has 3 heteroatoms. The summed E-state index contributed by atoms with van der Waals surface area (Å²) in [6.45, 7) is 4.76. The first-order valence-corrected chi connectivity index (χ1v) is 7.70. The summed E-state index contributed by atoms with van der Waals surface area (Å²) in [5.41, 5.74) is 1.69. The zero-order valence-corrected chi connectivity index (χ0v) is 12.5. The number of hydrogen-bond donors (Lipinski definition) is 1. The highest BCUT2D eigenvalue weighted by molar-refractivity contribution is 5.89. The molecule has 0 saturated heterocycles. The van der Waals surface area contributed by atoms with Crippen LogP contribution in [0.25, 0.3) is 0 Å². The van der Waals surface area contributed by atoms with Gasteiger partial charge in [-0.3, -0.25) is 0 Å². The highest BCUT2D eigenvalue weighted by Crippen LogP contribution is 2.24. The van der Waals surface area contributed by atoms with Gasteiger partial charge >= 0.3 is 5.97 Å². The molecular weight excluding hydrogens is 250 g/mol. The lowest BCUT2D eigenvalue weighted by Crippen LogP contribution is -2.17. The third-order valence-electron chi connectivity index (χ3n) is 3.78. The Kier molecular flexibility index (Phi) is 5.45. The van der Waals surface area contributed by atoms with Gasteiger partial charge in [-0.25, -0.2) is 4.79 Å². The fraction of sp³-hybridized carbons (Fsp3) is 0.588. The molecule has 2 rings (SSSR count). The Bertz CT molecular complexity index is 419. The Labute approximate surface area is 121 Å². The smallest absolute Gasteiger partial charge is 0.338 e. The van der Waals surface area contributed by atoms with Crippen molar-refractivity contribution in [1.29, 1.82) is 0 Å². The predicted molar refractivity (Wildman–Crippen MR) is 82.1 cm³/mol. The van der Waals surface area contributed by atoms with Crippen molar-refractivity contribution in [2.24, 2.45) is 5.92 Å². The second-order valence-electron chi connectivity index (χ2n) is 5.92. The molecule has 1 fully saturated rings. The number of carbonyl (C=O) groups is 1. The van der Waals surface area contributed by atoms with Crippen LogP contribution in [0.1, 0.15) is 56.3 Å². The minimum atomic E-state index is -0.251. The third kappa shape index (κ3) is 4.55. The summed E-state index contributed by atoms with van der Waals surface area (Å²) >= 11 is 0. The predicted octanol–water partition coefficient (Wildman–Crippen LogP) is 4.24. The van der Waals surface area contributed by atoms with Crippen LogP contribution in [0.2, 0.25) is 0 Å². The maximum atomic E-state index is 11.7. The van der Waals surface area contributed by atoms with Crippen LogP contribution in [0.3, 0.4) is 0 Å². The van der Waals surface area contributed by atoms with E-state index in [2.05, 4.69) is 5.32 Å². The molecule has 1 N–H and O–H groups in total. The van der Waals surface area contributed by atoms with Gasteiger partial charge in [-0.15, -0.1) is 0 Å². The van der Waals surface area contributed by atoms with Crippen LogP contribution in [0, 0.1) is 5.92 Å². The maximum Gasteiger partial charge on any atom is 0.338 e. The van der Waals surface area contributed by atoms with E-state index < -0.39 is 0 Å². The zero-order chi connectivity index (χ0) is 14.4. The van der Waals surface area contributed by atoms with Gasteiger partial charge in [0.15, 0.2) is 0 Å². The van der Waals surface area contributed by atoms with Gasteiger partial charge in [-0.2, -0.15) is 0 Å². The van der Waals surface area contributed by atoms with Crippen molar-refractivity contribution in [3.05, 3.63) is 29.8 Å².